The first-order valence-electron chi connectivity index (χ1n) is 9.14. The SMILES string of the molecule is O=C(Cn1cnc2c(=O)[nH]cnc21)N1CCN(S(=O)(=O)c2nc3ccccc3s2)C(=O)O1. The molecule has 2 amide bonds. The molecule has 5 rings (SSSR count). The van der Waals surface area contributed by atoms with Crippen LogP contribution in [0.25, 0.3) is 21.4 Å². The number of nitrogens with one attached hydrogen (secondary N) is 1. The summed E-state index contributed by atoms with van der Waals surface area (Å²) in [5.41, 5.74) is 0.286. The number of imidazole rings is 1. The lowest BCUT2D eigenvalue weighted by Gasteiger charge is -2.31. The summed E-state index contributed by atoms with van der Waals surface area (Å²) < 4.78 is 28.1. The molecule has 0 bridgehead atoms. The molecule has 3 aromatic heterocycles. The Labute approximate surface area is 182 Å². The van der Waals surface area contributed by atoms with Crippen molar-refractivity contribution in [3.8, 4) is 0 Å². The number of aromatic nitrogens is 5. The van der Waals surface area contributed by atoms with Crippen LogP contribution in [0.2, 0.25) is 0 Å². The molecule has 13 nitrogen and oxygen atoms in total. The number of benzene rings is 1. The number of sulfonamides is 1. The Morgan fingerprint density at radius 3 is 2.78 bits per heavy atom. The van der Waals surface area contributed by atoms with E-state index in [9.17, 15) is 22.8 Å². The largest absolute Gasteiger partial charge is 0.448 e. The van der Waals surface area contributed by atoms with Gasteiger partial charge in [0.2, 0.25) is 4.34 Å². The van der Waals surface area contributed by atoms with Crippen LogP contribution < -0.4 is 5.56 Å². The van der Waals surface area contributed by atoms with E-state index in [4.69, 9.17) is 4.84 Å². The van der Waals surface area contributed by atoms with Crippen LogP contribution in [0.1, 0.15) is 0 Å². The predicted octanol–water partition coefficient (Wildman–Crippen LogP) is 0.314. The van der Waals surface area contributed by atoms with Gasteiger partial charge in [0.1, 0.15) is 6.54 Å². The Balaban J connectivity index is 1.32. The van der Waals surface area contributed by atoms with E-state index < -0.39 is 27.6 Å². The van der Waals surface area contributed by atoms with E-state index >= 15 is 0 Å². The van der Waals surface area contributed by atoms with Crippen LogP contribution in [0.15, 0.2) is 46.1 Å². The van der Waals surface area contributed by atoms with Gasteiger partial charge in [-0.05, 0) is 12.1 Å². The van der Waals surface area contributed by atoms with Gasteiger partial charge in [-0.1, -0.05) is 12.1 Å². The lowest BCUT2D eigenvalue weighted by atomic mass is 10.3. The molecule has 1 N–H and O–H groups in total. The summed E-state index contributed by atoms with van der Waals surface area (Å²) in [6.45, 7) is -0.800. The van der Waals surface area contributed by atoms with E-state index in [-0.39, 0.29) is 35.1 Å². The van der Waals surface area contributed by atoms with Gasteiger partial charge in [-0.15, -0.1) is 11.3 Å². The summed E-state index contributed by atoms with van der Waals surface area (Å²) in [5.74, 6) is -0.642. The van der Waals surface area contributed by atoms with Crippen molar-refractivity contribution in [2.24, 2.45) is 0 Å². The number of aromatic amines is 1. The van der Waals surface area contributed by atoms with E-state index in [2.05, 4.69) is 19.9 Å². The monoisotopic (exact) mass is 475 g/mol. The third kappa shape index (κ3) is 3.27. The second-order valence-electron chi connectivity index (χ2n) is 6.65. The minimum atomic E-state index is -4.24. The van der Waals surface area contributed by atoms with Crippen molar-refractivity contribution in [3.63, 3.8) is 0 Å². The Kier molecular flexibility index (Phi) is 4.63. The summed E-state index contributed by atoms with van der Waals surface area (Å²) in [7, 11) is -4.24. The van der Waals surface area contributed by atoms with E-state index in [0.717, 1.165) is 16.4 Å². The van der Waals surface area contributed by atoms with Crippen molar-refractivity contribution in [2.45, 2.75) is 10.9 Å². The molecule has 1 saturated heterocycles. The number of nitrogens with zero attached hydrogens (tertiary/aromatic N) is 6. The van der Waals surface area contributed by atoms with Gasteiger partial charge in [0.25, 0.3) is 21.5 Å². The van der Waals surface area contributed by atoms with Gasteiger partial charge in [-0.25, -0.2) is 19.7 Å². The molecule has 4 aromatic rings. The second-order valence-corrected chi connectivity index (χ2v) is 9.72. The van der Waals surface area contributed by atoms with Crippen LogP contribution in [0.3, 0.4) is 0 Å². The molecule has 1 aromatic carbocycles. The van der Waals surface area contributed by atoms with E-state index in [0.29, 0.717) is 14.5 Å². The first-order chi connectivity index (χ1) is 15.3. The molecule has 1 fully saturated rings. The molecule has 0 aliphatic carbocycles. The van der Waals surface area contributed by atoms with Gasteiger partial charge >= 0.3 is 6.09 Å². The van der Waals surface area contributed by atoms with Gasteiger partial charge in [-0.2, -0.15) is 17.8 Å². The maximum Gasteiger partial charge on any atom is 0.448 e. The lowest BCUT2D eigenvalue weighted by molar-refractivity contribution is -0.174. The van der Waals surface area contributed by atoms with Crippen LogP contribution in [0, 0.1) is 0 Å². The van der Waals surface area contributed by atoms with Crippen LogP contribution in [0.4, 0.5) is 4.79 Å². The topological polar surface area (TPSA) is 160 Å². The second kappa shape index (κ2) is 7.38. The molecule has 0 spiro atoms. The number of hydroxylamine groups is 2. The number of carbonyl (C=O) groups excluding carboxylic acids is 2. The molecule has 0 atom stereocenters. The van der Waals surface area contributed by atoms with E-state index in [1.165, 1.54) is 17.2 Å². The molecule has 4 heterocycles. The molecule has 1 aliphatic heterocycles. The fourth-order valence-electron chi connectivity index (χ4n) is 3.14. The molecule has 32 heavy (non-hydrogen) atoms. The highest BCUT2D eigenvalue weighted by molar-refractivity contribution is 7.91. The van der Waals surface area contributed by atoms with Crippen molar-refractivity contribution in [2.75, 3.05) is 13.1 Å². The molecule has 0 saturated carbocycles. The van der Waals surface area contributed by atoms with Crippen LogP contribution in [0.5, 0.6) is 0 Å². The van der Waals surface area contributed by atoms with Crippen molar-refractivity contribution in [1.82, 2.24) is 33.9 Å². The molecule has 0 radical (unpaired) electrons. The van der Waals surface area contributed by atoms with Crippen LogP contribution in [-0.2, 0) is 26.2 Å². The highest BCUT2D eigenvalue weighted by atomic mass is 32.2. The van der Waals surface area contributed by atoms with Crippen molar-refractivity contribution >= 4 is 54.7 Å². The summed E-state index contributed by atoms with van der Waals surface area (Å²) in [4.78, 5) is 56.1. The first-order valence-corrected chi connectivity index (χ1v) is 11.4. The lowest BCUT2D eigenvalue weighted by Crippen LogP contribution is -2.52. The van der Waals surface area contributed by atoms with Gasteiger partial charge in [0.05, 0.1) is 36.0 Å². The van der Waals surface area contributed by atoms with Gasteiger partial charge in [0.15, 0.2) is 11.2 Å². The number of para-hydroxylation sites is 1. The highest BCUT2D eigenvalue weighted by Gasteiger charge is 2.39. The Bertz CT molecular complexity index is 1510. The molecule has 1 aliphatic rings. The maximum absolute atomic E-state index is 12.9. The van der Waals surface area contributed by atoms with Gasteiger partial charge in [0, 0.05) is 0 Å². The minimum Gasteiger partial charge on any atom is -0.318 e. The zero-order valence-corrected chi connectivity index (χ0v) is 17.7. The first kappa shape index (κ1) is 20.1. The average Bonchev–Trinajstić information content (AvgIpc) is 3.39. The fraction of sp³-hybridized carbons (Fsp3) is 0.176. The van der Waals surface area contributed by atoms with Crippen molar-refractivity contribution < 1.29 is 22.8 Å². The Morgan fingerprint density at radius 2 is 2.00 bits per heavy atom. The number of rotatable bonds is 4. The number of amides is 2. The molecule has 0 unspecified atom stereocenters. The molecular weight excluding hydrogens is 462 g/mol. The summed E-state index contributed by atoms with van der Waals surface area (Å²) in [5, 5.41) is 0.770. The van der Waals surface area contributed by atoms with E-state index in [1.54, 1.807) is 24.3 Å². The van der Waals surface area contributed by atoms with Crippen molar-refractivity contribution in [1.29, 1.82) is 0 Å². The van der Waals surface area contributed by atoms with Gasteiger partial charge < -0.3 is 14.4 Å². The number of hydrogen-bond donors (Lipinski definition) is 1. The Hall–Kier alpha value is -3.85. The Morgan fingerprint density at radius 1 is 1.19 bits per heavy atom. The maximum atomic E-state index is 12.9. The third-order valence-corrected chi connectivity index (χ3v) is 7.83. The summed E-state index contributed by atoms with van der Waals surface area (Å²) in [6.07, 6.45) is 1.23. The van der Waals surface area contributed by atoms with E-state index in [1.807, 2.05) is 0 Å². The zero-order chi connectivity index (χ0) is 22.5. The summed E-state index contributed by atoms with van der Waals surface area (Å²) in [6, 6.07) is 6.88. The minimum absolute atomic E-state index is 0.0593. The standard InChI is InChI=1S/C17H13N7O6S2/c25-12(7-22-9-20-13-14(22)18-8-19-15(13)26)23-5-6-24(17(27)30-23)32(28,29)16-21-10-3-1-2-4-11(10)31-16/h1-4,8-9H,5-7H2,(H,18,19,26). The zero-order valence-electron chi connectivity index (χ0n) is 16.0. The van der Waals surface area contributed by atoms with Crippen molar-refractivity contribution in [3.05, 3.63) is 47.3 Å². The van der Waals surface area contributed by atoms with Crippen LogP contribution in [-0.4, -0.2) is 67.4 Å². The number of thiazole rings is 1. The average molecular weight is 475 g/mol. The highest BCUT2D eigenvalue weighted by Crippen LogP contribution is 2.28. The number of H-pyrrole nitrogens is 1. The number of hydrogen-bond acceptors (Lipinski definition) is 10. The number of fused-ring (bicyclic) bond motifs is 2. The third-order valence-electron chi connectivity index (χ3n) is 4.67. The predicted molar refractivity (Wildman–Crippen MR) is 110 cm³/mol. The smallest absolute Gasteiger partial charge is 0.318 e. The molecule has 164 valence electrons. The quantitative estimate of drug-likeness (QED) is 0.438. The fourth-order valence-corrected chi connectivity index (χ4v) is 5.75. The van der Waals surface area contributed by atoms with Gasteiger partial charge in [-0.3, -0.25) is 9.59 Å². The normalized spacial score (nSPS) is 14.8. The summed E-state index contributed by atoms with van der Waals surface area (Å²) >= 11 is 0.938. The number of carbonyl (C=O) groups is 2. The molecular formula is C17H13N7O6S2. The van der Waals surface area contributed by atoms with Crippen LogP contribution >= 0.6 is 11.3 Å². The molecule has 15 heteroatoms.